The van der Waals surface area contributed by atoms with Crippen molar-refractivity contribution in [3.05, 3.63) is 128 Å². The first-order chi connectivity index (χ1) is 39.4. The van der Waals surface area contributed by atoms with Crippen LogP contribution in [0.1, 0.15) is 101 Å². The number of aromatic amines is 1. The van der Waals surface area contributed by atoms with Crippen molar-refractivity contribution >= 4 is 8.53 Å². The molecular formula is C64H79N4O12P. The number of hydrogen-bond acceptors (Lipinski definition) is 14. The first-order valence-electron chi connectivity index (χ1n) is 29.5. The van der Waals surface area contributed by atoms with Crippen LogP contribution in [0.2, 0.25) is 0 Å². The third-order valence-electron chi connectivity index (χ3n) is 19.9. The van der Waals surface area contributed by atoms with Crippen LogP contribution in [0.3, 0.4) is 0 Å². The molecule has 81 heavy (non-hydrogen) atoms. The number of methoxy groups -OCH3 is 2. The van der Waals surface area contributed by atoms with E-state index in [9.17, 15) is 14.9 Å². The zero-order valence-corrected chi connectivity index (χ0v) is 48.6. The lowest BCUT2D eigenvalue weighted by Crippen LogP contribution is -2.77. The molecule has 12 aliphatic rings. The number of H-pyrrole nitrogens is 1. The molecule has 16 nitrogen and oxygen atoms in total. The average molecular weight is 1130 g/mol. The van der Waals surface area contributed by atoms with Gasteiger partial charge in [-0.1, -0.05) is 66.4 Å². The molecule has 1 aliphatic heterocycles. The van der Waals surface area contributed by atoms with E-state index in [4.69, 9.17) is 46.9 Å². The Bertz CT molecular complexity index is 2980. The Labute approximate surface area is 477 Å². The molecule has 1 saturated heterocycles. The van der Waals surface area contributed by atoms with Crippen LogP contribution in [0.25, 0.3) is 0 Å². The molecule has 7 unspecified atom stereocenters. The molecule has 10 atom stereocenters. The lowest BCUT2D eigenvalue weighted by molar-refractivity contribution is -0.346. The molecule has 1 aromatic heterocycles. The van der Waals surface area contributed by atoms with E-state index in [1.807, 2.05) is 78.9 Å². The van der Waals surface area contributed by atoms with Gasteiger partial charge in [-0.05, 0) is 159 Å². The SMILES string of the molecule is COc1ccc(C(OC[C@H]2O[C@@H](n3cc(C#CCOCCOCCOCCOC45CC6C7CC8C9C%10CC(C4)(C69)C(C7C5)C8%10)c(=O)[nH]c3=O)C[C@@H]2OP(OCCC#N)N(C(C)C)C(C)C)(c2ccccc2)c2ccc(OC)cc2)cc1. The van der Waals surface area contributed by atoms with Gasteiger partial charge in [-0.15, -0.1) is 0 Å². The summed E-state index contributed by atoms with van der Waals surface area (Å²) < 4.78 is 66.6. The third kappa shape index (κ3) is 10.2. The number of ether oxygens (including phenoxy) is 8. The van der Waals surface area contributed by atoms with E-state index in [1.165, 1.54) is 42.9 Å². The van der Waals surface area contributed by atoms with Gasteiger partial charge in [0, 0.05) is 24.7 Å². The van der Waals surface area contributed by atoms with E-state index in [-0.39, 0.29) is 55.9 Å². The fourth-order valence-corrected chi connectivity index (χ4v) is 19.4. The van der Waals surface area contributed by atoms with Gasteiger partial charge in [-0.25, -0.2) is 9.46 Å². The van der Waals surface area contributed by atoms with Crippen LogP contribution in [0.4, 0.5) is 0 Å². The number of benzene rings is 3. The fraction of sp³-hybridized carbons (Fsp3) is 0.609. The maximum atomic E-state index is 13.8. The maximum absolute atomic E-state index is 13.8. The lowest BCUT2D eigenvalue weighted by atomic mass is 9.25. The monoisotopic (exact) mass is 1130 g/mol. The van der Waals surface area contributed by atoms with Crippen molar-refractivity contribution in [2.24, 2.45) is 58.7 Å². The summed E-state index contributed by atoms with van der Waals surface area (Å²) in [6.45, 7) is 11.3. The van der Waals surface area contributed by atoms with Crippen LogP contribution in [0.5, 0.6) is 11.5 Å². The Hall–Kier alpha value is -4.94. The highest BCUT2D eigenvalue weighted by Crippen LogP contribution is 2.91. The number of rotatable bonds is 28. The van der Waals surface area contributed by atoms with Crippen molar-refractivity contribution in [2.45, 2.75) is 114 Å². The van der Waals surface area contributed by atoms with Crippen molar-refractivity contribution in [3.8, 4) is 29.4 Å². The van der Waals surface area contributed by atoms with Crippen molar-refractivity contribution in [1.82, 2.24) is 14.2 Å². The Kier molecular flexibility index (Phi) is 16.5. The molecule has 12 fully saturated rings. The molecule has 1 N–H and O–H groups in total. The minimum Gasteiger partial charge on any atom is -0.497 e. The van der Waals surface area contributed by atoms with Gasteiger partial charge in [0.15, 0.2) is 0 Å². The third-order valence-corrected chi connectivity index (χ3v) is 22.1. The Balaban J connectivity index is 0.682. The molecule has 4 aromatic rings. The van der Waals surface area contributed by atoms with Gasteiger partial charge in [0.1, 0.15) is 41.6 Å². The van der Waals surface area contributed by atoms with Crippen molar-refractivity contribution in [1.29, 1.82) is 5.26 Å². The van der Waals surface area contributed by atoms with Gasteiger partial charge in [0.05, 0.1) is 91.3 Å². The quantitative estimate of drug-likeness (QED) is 0.0247. The summed E-state index contributed by atoms with van der Waals surface area (Å²) in [4.78, 5) is 29.5. The molecule has 2 heterocycles. The van der Waals surface area contributed by atoms with Crippen molar-refractivity contribution in [3.63, 3.8) is 0 Å². The summed E-state index contributed by atoms with van der Waals surface area (Å²) in [6.07, 6.45) is 6.39. The maximum Gasteiger partial charge on any atom is 0.330 e. The molecule has 1 spiro atoms. The van der Waals surface area contributed by atoms with Gasteiger partial charge in [0.25, 0.3) is 14.1 Å². The Morgan fingerprint density at radius 1 is 0.753 bits per heavy atom. The molecule has 16 rings (SSSR count). The van der Waals surface area contributed by atoms with E-state index in [0.717, 1.165) is 70.0 Å². The van der Waals surface area contributed by atoms with Crippen LogP contribution in [0, 0.1) is 81.8 Å². The normalized spacial score (nSPS) is 31.7. The summed E-state index contributed by atoms with van der Waals surface area (Å²) >= 11 is 0. The number of aromatic nitrogens is 2. The zero-order valence-electron chi connectivity index (χ0n) is 47.7. The van der Waals surface area contributed by atoms with Gasteiger partial charge >= 0.3 is 5.69 Å². The first-order valence-corrected chi connectivity index (χ1v) is 30.7. The second-order valence-electron chi connectivity index (χ2n) is 24.5. The first kappa shape index (κ1) is 56.5. The second kappa shape index (κ2) is 23.6. The second-order valence-corrected chi connectivity index (χ2v) is 25.9. The highest BCUT2D eigenvalue weighted by molar-refractivity contribution is 7.44. The fourth-order valence-electron chi connectivity index (χ4n) is 17.6. The largest absolute Gasteiger partial charge is 0.497 e. The lowest BCUT2D eigenvalue weighted by Gasteiger charge is -2.80. The van der Waals surface area contributed by atoms with Gasteiger partial charge in [-0.2, -0.15) is 5.26 Å². The Morgan fingerprint density at radius 3 is 1.99 bits per heavy atom. The highest BCUT2D eigenvalue weighted by Gasteiger charge is 2.87. The topological polar surface area (TPSA) is 174 Å². The van der Waals surface area contributed by atoms with Gasteiger partial charge in [-0.3, -0.25) is 14.3 Å². The standard InChI is InChI=1S/C64H79N4O12P/c1-40(2)68(41(3)4)81(78-25-11-23-65)80-53-33-55(79-54(53)38-77-64(43-13-8-7-9-14-43,44-15-19-46(71-5)20-16-44)45-17-21-47(72-6)22-18-45)67-37-42(60(69)66-61(67)70)12-10-24-73-26-27-74-28-29-75-30-31-76-62-34-50-48-32-49-56-52-36-63(39-62,58(50)56)59(57(49)52)51(48)35-62/h7-9,13-22,37,40-41,48-59H,11,24-36,38-39H2,1-6H3,(H,66,69,70)/t48?,49?,50?,51?,52?,53-,54+,55+,56?,57?,58?,59?,62?,63?,81?/m0/s1. The molecule has 3 aromatic carbocycles. The summed E-state index contributed by atoms with van der Waals surface area (Å²) in [6, 6.07) is 27.7. The summed E-state index contributed by atoms with van der Waals surface area (Å²) in [5, 5.41) is 9.49. The number of hydrogen-bond donors (Lipinski definition) is 1. The van der Waals surface area contributed by atoms with Crippen molar-refractivity contribution < 1.29 is 46.9 Å². The molecule has 0 radical (unpaired) electrons. The van der Waals surface area contributed by atoms with E-state index < -0.39 is 43.8 Å². The van der Waals surface area contributed by atoms with Crippen LogP contribution in [-0.2, 0) is 43.1 Å². The smallest absolute Gasteiger partial charge is 0.330 e. The molecule has 0 amide bonds. The number of nitrogens with zero attached hydrogens (tertiary/aromatic N) is 3. The molecule has 17 heteroatoms. The van der Waals surface area contributed by atoms with E-state index >= 15 is 0 Å². The molecule has 11 bridgehead atoms. The van der Waals surface area contributed by atoms with Gasteiger partial charge < -0.3 is 46.9 Å². The summed E-state index contributed by atoms with van der Waals surface area (Å²) in [5.41, 5.74) is 0.819. The number of nitriles is 1. The predicted molar refractivity (Wildman–Crippen MR) is 303 cm³/mol. The minimum atomic E-state index is -1.75. The molecule has 11 aliphatic carbocycles. The molecular weight excluding hydrogens is 1050 g/mol. The Morgan fingerprint density at radius 2 is 1.37 bits per heavy atom. The van der Waals surface area contributed by atoms with Crippen LogP contribution >= 0.6 is 8.53 Å². The van der Waals surface area contributed by atoms with Crippen LogP contribution < -0.4 is 20.7 Å². The van der Waals surface area contributed by atoms with Gasteiger partial charge in [0.2, 0.25) is 0 Å². The average Bonchev–Trinajstić information content (AvgIpc) is 1.74. The predicted octanol–water partition coefficient (Wildman–Crippen LogP) is 9.25. The van der Waals surface area contributed by atoms with E-state index in [1.54, 1.807) is 14.2 Å². The number of nitrogens with one attached hydrogen (secondary N) is 1. The zero-order chi connectivity index (χ0) is 56.0. The summed E-state index contributed by atoms with van der Waals surface area (Å²) in [5.74, 6) is 16.5. The van der Waals surface area contributed by atoms with Crippen LogP contribution in [0.15, 0.2) is 94.6 Å². The van der Waals surface area contributed by atoms with Crippen LogP contribution in [-0.4, -0.2) is 118 Å². The van der Waals surface area contributed by atoms with E-state index in [0.29, 0.717) is 56.6 Å². The van der Waals surface area contributed by atoms with E-state index in [2.05, 4.69) is 55.3 Å². The van der Waals surface area contributed by atoms with Crippen molar-refractivity contribution in [2.75, 3.05) is 73.7 Å². The molecule has 11 saturated carbocycles. The summed E-state index contributed by atoms with van der Waals surface area (Å²) in [7, 11) is 1.51. The minimum absolute atomic E-state index is 0.0176. The highest BCUT2D eigenvalue weighted by atomic mass is 31.2. The molecule has 432 valence electrons.